The van der Waals surface area contributed by atoms with Gasteiger partial charge in [0.25, 0.3) is 5.91 Å². The molecule has 2 heterocycles. The van der Waals surface area contributed by atoms with Crippen molar-refractivity contribution >= 4 is 18.3 Å². The van der Waals surface area contributed by atoms with Crippen molar-refractivity contribution in [1.29, 1.82) is 0 Å². The molecule has 0 spiro atoms. The molecule has 2 aromatic rings. The van der Waals surface area contributed by atoms with Crippen LogP contribution in [0.25, 0.3) is 0 Å². The molecule has 0 saturated carbocycles. The molecular formula is C18H23ClN4O2. The molecular weight excluding hydrogens is 340 g/mol. The number of ether oxygens (including phenoxy) is 1. The van der Waals surface area contributed by atoms with Crippen molar-refractivity contribution in [3.63, 3.8) is 0 Å². The molecule has 1 N–H and O–H groups in total. The van der Waals surface area contributed by atoms with Gasteiger partial charge in [-0.1, -0.05) is 12.7 Å². The number of piperazine rings is 1. The Labute approximate surface area is 153 Å². The Hall–Kier alpha value is -2.31. The third kappa shape index (κ3) is 4.21. The van der Waals surface area contributed by atoms with E-state index < -0.39 is 0 Å². The molecule has 0 radical (unpaired) electrons. The van der Waals surface area contributed by atoms with Crippen molar-refractivity contribution in [3.05, 3.63) is 60.7 Å². The molecule has 0 aliphatic carbocycles. The van der Waals surface area contributed by atoms with Crippen LogP contribution in [0.3, 0.4) is 0 Å². The Morgan fingerprint density at radius 2 is 2.20 bits per heavy atom. The summed E-state index contributed by atoms with van der Waals surface area (Å²) in [4.78, 5) is 19.2. The summed E-state index contributed by atoms with van der Waals surface area (Å²) >= 11 is 0. The number of carbonyl (C=O) groups excluding carboxylic acids is 1. The first-order chi connectivity index (χ1) is 11.7. The van der Waals surface area contributed by atoms with Gasteiger partial charge in [-0.15, -0.1) is 12.4 Å². The van der Waals surface area contributed by atoms with Gasteiger partial charge in [0.05, 0.1) is 0 Å². The quantitative estimate of drug-likeness (QED) is 0.828. The fourth-order valence-corrected chi connectivity index (χ4v) is 2.89. The van der Waals surface area contributed by atoms with E-state index in [-0.39, 0.29) is 24.4 Å². The summed E-state index contributed by atoms with van der Waals surface area (Å²) in [5.41, 5.74) is 0.655. The predicted molar refractivity (Wildman–Crippen MR) is 99.2 cm³/mol. The third-order valence-corrected chi connectivity index (χ3v) is 4.13. The fourth-order valence-electron chi connectivity index (χ4n) is 2.89. The minimum Gasteiger partial charge on any atom is -0.490 e. The normalized spacial score (nSPS) is 16.8. The number of hydrogen-bond donors (Lipinski definition) is 1. The number of halogens is 1. The second-order valence-corrected chi connectivity index (χ2v) is 5.74. The first kappa shape index (κ1) is 19.0. The number of carbonyl (C=O) groups is 1. The number of rotatable bonds is 5. The molecule has 1 atom stereocenters. The predicted octanol–water partition coefficient (Wildman–Crippen LogP) is 2.19. The third-order valence-electron chi connectivity index (χ3n) is 4.13. The highest BCUT2D eigenvalue weighted by molar-refractivity contribution is 5.94. The lowest BCUT2D eigenvalue weighted by Gasteiger charge is -2.35. The molecule has 1 fully saturated rings. The maximum Gasteiger partial charge on any atom is 0.254 e. The fraction of sp³-hybridized carbons (Fsp3) is 0.333. The summed E-state index contributed by atoms with van der Waals surface area (Å²) in [6, 6.07) is 7.17. The molecule has 1 saturated heterocycles. The molecule has 1 aliphatic heterocycles. The van der Waals surface area contributed by atoms with E-state index in [0.29, 0.717) is 25.3 Å². The number of aryl methyl sites for hydroxylation is 1. The van der Waals surface area contributed by atoms with Crippen LogP contribution in [0.15, 0.2) is 49.3 Å². The zero-order chi connectivity index (χ0) is 16.9. The Morgan fingerprint density at radius 3 is 2.84 bits per heavy atom. The van der Waals surface area contributed by atoms with Crippen LogP contribution in [0.2, 0.25) is 0 Å². The molecule has 1 aliphatic rings. The molecule has 1 amide bonds. The number of imidazole rings is 1. The zero-order valence-electron chi connectivity index (χ0n) is 14.2. The van der Waals surface area contributed by atoms with Crippen molar-refractivity contribution in [2.45, 2.75) is 6.04 Å². The Morgan fingerprint density at radius 1 is 1.44 bits per heavy atom. The number of benzene rings is 1. The minimum atomic E-state index is -0.0667. The summed E-state index contributed by atoms with van der Waals surface area (Å²) in [6.45, 7) is 6.22. The van der Waals surface area contributed by atoms with Gasteiger partial charge in [-0.2, -0.15) is 0 Å². The van der Waals surface area contributed by atoms with E-state index in [1.54, 1.807) is 24.4 Å². The molecule has 1 unspecified atom stereocenters. The highest BCUT2D eigenvalue weighted by atomic mass is 35.5. The molecule has 3 rings (SSSR count). The van der Waals surface area contributed by atoms with Crippen molar-refractivity contribution in [2.75, 3.05) is 26.2 Å². The van der Waals surface area contributed by atoms with Gasteiger partial charge in [-0.25, -0.2) is 4.98 Å². The topological polar surface area (TPSA) is 59.4 Å². The van der Waals surface area contributed by atoms with Gasteiger partial charge in [0.15, 0.2) is 0 Å². The lowest BCUT2D eigenvalue weighted by molar-refractivity contribution is 0.0621. The van der Waals surface area contributed by atoms with Crippen LogP contribution in [-0.2, 0) is 7.05 Å². The SMILES string of the molecule is C=CCOc1ccc(C(=O)N2CCNCC2c2nccn2C)cc1.Cl. The number of hydrogen-bond acceptors (Lipinski definition) is 4. The average Bonchev–Trinajstić information content (AvgIpc) is 3.05. The monoisotopic (exact) mass is 362 g/mol. The zero-order valence-corrected chi connectivity index (χ0v) is 15.0. The second kappa shape index (κ2) is 8.69. The molecule has 6 nitrogen and oxygen atoms in total. The van der Waals surface area contributed by atoms with Gasteiger partial charge < -0.3 is 19.5 Å². The van der Waals surface area contributed by atoms with Crippen LogP contribution in [0, 0.1) is 0 Å². The van der Waals surface area contributed by atoms with Gasteiger partial charge in [0, 0.05) is 44.6 Å². The highest BCUT2D eigenvalue weighted by Gasteiger charge is 2.30. The lowest BCUT2D eigenvalue weighted by atomic mass is 10.1. The Balaban J connectivity index is 0.00000225. The van der Waals surface area contributed by atoms with Crippen LogP contribution >= 0.6 is 12.4 Å². The second-order valence-electron chi connectivity index (χ2n) is 5.74. The Bertz CT molecular complexity index is 714. The van der Waals surface area contributed by atoms with Crippen LogP contribution in [-0.4, -0.2) is 46.6 Å². The summed E-state index contributed by atoms with van der Waals surface area (Å²) in [5.74, 6) is 1.63. The summed E-state index contributed by atoms with van der Waals surface area (Å²) in [7, 11) is 1.95. The maximum atomic E-state index is 12.9. The van der Waals surface area contributed by atoms with E-state index in [1.165, 1.54) is 0 Å². The van der Waals surface area contributed by atoms with E-state index in [0.717, 1.165) is 18.1 Å². The van der Waals surface area contributed by atoms with Crippen LogP contribution in [0.4, 0.5) is 0 Å². The Kier molecular flexibility index (Phi) is 6.61. The first-order valence-electron chi connectivity index (χ1n) is 8.03. The average molecular weight is 363 g/mol. The molecule has 7 heteroatoms. The molecule has 25 heavy (non-hydrogen) atoms. The van der Waals surface area contributed by atoms with Crippen LogP contribution < -0.4 is 10.1 Å². The maximum absolute atomic E-state index is 12.9. The van der Waals surface area contributed by atoms with E-state index in [9.17, 15) is 4.79 Å². The number of amides is 1. The molecule has 0 bridgehead atoms. The molecule has 1 aromatic carbocycles. The van der Waals surface area contributed by atoms with E-state index in [2.05, 4.69) is 16.9 Å². The van der Waals surface area contributed by atoms with Gasteiger partial charge in [-0.3, -0.25) is 4.79 Å². The number of nitrogens with zero attached hydrogens (tertiary/aromatic N) is 3. The highest BCUT2D eigenvalue weighted by Crippen LogP contribution is 2.23. The van der Waals surface area contributed by atoms with Gasteiger partial charge in [0.2, 0.25) is 0 Å². The van der Waals surface area contributed by atoms with E-state index in [4.69, 9.17) is 4.74 Å². The van der Waals surface area contributed by atoms with E-state index >= 15 is 0 Å². The molecule has 1 aromatic heterocycles. The van der Waals surface area contributed by atoms with Gasteiger partial charge in [-0.05, 0) is 24.3 Å². The first-order valence-corrected chi connectivity index (χ1v) is 8.03. The lowest BCUT2D eigenvalue weighted by Crippen LogP contribution is -2.49. The number of nitrogens with one attached hydrogen (secondary N) is 1. The number of aromatic nitrogens is 2. The van der Waals surface area contributed by atoms with Crippen LogP contribution in [0.5, 0.6) is 5.75 Å². The summed E-state index contributed by atoms with van der Waals surface area (Å²) < 4.78 is 7.43. The van der Waals surface area contributed by atoms with Crippen LogP contribution in [0.1, 0.15) is 22.2 Å². The largest absolute Gasteiger partial charge is 0.490 e. The summed E-state index contributed by atoms with van der Waals surface area (Å²) in [6.07, 6.45) is 5.36. The summed E-state index contributed by atoms with van der Waals surface area (Å²) in [5, 5.41) is 3.34. The van der Waals surface area contributed by atoms with Crippen molar-refractivity contribution < 1.29 is 9.53 Å². The van der Waals surface area contributed by atoms with Crippen molar-refractivity contribution in [1.82, 2.24) is 19.8 Å². The van der Waals surface area contributed by atoms with Crippen molar-refractivity contribution in [2.24, 2.45) is 7.05 Å². The van der Waals surface area contributed by atoms with Gasteiger partial charge in [0.1, 0.15) is 24.2 Å². The van der Waals surface area contributed by atoms with E-state index in [1.807, 2.05) is 34.8 Å². The smallest absolute Gasteiger partial charge is 0.254 e. The van der Waals surface area contributed by atoms with Crippen molar-refractivity contribution in [3.8, 4) is 5.75 Å². The minimum absolute atomic E-state index is 0. The van der Waals surface area contributed by atoms with Gasteiger partial charge >= 0.3 is 0 Å². The standard InChI is InChI=1S/C18H22N4O2.ClH/c1-3-12-24-15-6-4-14(5-7-15)18(23)22-11-8-19-13-16(22)17-20-9-10-21(17)2;/h3-7,9-10,16,19H,1,8,11-13H2,2H3;1H. The molecule has 134 valence electrons.